The van der Waals surface area contributed by atoms with Crippen molar-refractivity contribution >= 4 is 17.2 Å². The lowest BCUT2D eigenvalue weighted by molar-refractivity contribution is 0.101. The number of anilines is 2. The van der Waals surface area contributed by atoms with Crippen molar-refractivity contribution in [2.75, 3.05) is 11.5 Å². The molecule has 0 bridgehead atoms. The molecule has 1 aromatic heterocycles. The lowest BCUT2D eigenvalue weighted by atomic mass is 10.1. The molecule has 4 heteroatoms. The molecule has 0 fully saturated rings. The molecule has 4 N–H and O–H groups in total. The first kappa shape index (κ1) is 10.3. The Labute approximate surface area is 92.9 Å². The van der Waals surface area contributed by atoms with E-state index in [4.69, 9.17) is 15.9 Å². The molecule has 0 radical (unpaired) electrons. The van der Waals surface area contributed by atoms with Gasteiger partial charge in [-0.15, -0.1) is 0 Å². The fourth-order valence-electron chi connectivity index (χ4n) is 1.48. The molecular weight excluding hydrogens is 204 g/mol. The molecule has 0 saturated carbocycles. The minimum Gasteiger partial charge on any atom is -0.458 e. The molecule has 0 atom stereocenters. The van der Waals surface area contributed by atoms with Crippen LogP contribution in [0.15, 0.2) is 34.7 Å². The van der Waals surface area contributed by atoms with Gasteiger partial charge in [0.05, 0.1) is 0 Å². The van der Waals surface area contributed by atoms with Gasteiger partial charge in [-0.25, -0.2) is 0 Å². The summed E-state index contributed by atoms with van der Waals surface area (Å²) in [5.74, 6) is 0.747. The Morgan fingerprint density at radius 2 is 1.94 bits per heavy atom. The molecule has 0 aliphatic carbocycles. The summed E-state index contributed by atoms with van der Waals surface area (Å²) in [6.07, 6.45) is 0. The van der Waals surface area contributed by atoms with Gasteiger partial charge in [0.2, 0.25) is 5.78 Å². The highest BCUT2D eigenvalue weighted by molar-refractivity contribution is 6.10. The van der Waals surface area contributed by atoms with Crippen LogP contribution >= 0.6 is 0 Å². The average molecular weight is 216 g/mol. The Hall–Kier alpha value is -2.23. The minimum atomic E-state index is -0.231. The smallest absolute Gasteiger partial charge is 0.230 e. The van der Waals surface area contributed by atoms with E-state index in [-0.39, 0.29) is 11.5 Å². The van der Waals surface area contributed by atoms with Crippen LogP contribution in [0.1, 0.15) is 21.9 Å². The lowest BCUT2D eigenvalue weighted by Gasteiger charge is -2.03. The Bertz CT molecular complexity index is 544. The highest BCUT2D eigenvalue weighted by Crippen LogP contribution is 2.20. The van der Waals surface area contributed by atoms with Crippen LogP contribution in [0.25, 0.3) is 0 Å². The van der Waals surface area contributed by atoms with E-state index >= 15 is 0 Å². The number of carbonyl (C=O) groups is 1. The van der Waals surface area contributed by atoms with Crippen molar-refractivity contribution < 1.29 is 9.21 Å². The predicted octanol–water partition coefficient (Wildman–Crippen LogP) is 1.98. The van der Waals surface area contributed by atoms with Crippen molar-refractivity contribution in [1.82, 2.24) is 0 Å². The van der Waals surface area contributed by atoms with Crippen LogP contribution in [-0.2, 0) is 0 Å². The van der Waals surface area contributed by atoms with Gasteiger partial charge in [0, 0.05) is 16.9 Å². The van der Waals surface area contributed by atoms with Gasteiger partial charge in [-0.3, -0.25) is 4.79 Å². The van der Waals surface area contributed by atoms with E-state index in [1.165, 1.54) is 0 Å². The van der Waals surface area contributed by atoms with Crippen molar-refractivity contribution in [1.29, 1.82) is 0 Å². The maximum Gasteiger partial charge on any atom is 0.230 e. The van der Waals surface area contributed by atoms with E-state index in [0.717, 1.165) is 0 Å². The summed E-state index contributed by atoms with van der Waals surface area (Å²) in [4.78, 5) is 12.0. The number of hydrogen-bond donors (Lipinski definition) is 2. The molecule has 0 spiro atoms. The minimum absolute atomic E-state index is 0.231. The molecule has 0 saturated heterocycles. The monoisotopic (exact) mass is 216 g/mol. The lowest BCUT2D eigenvalue weighted by Crippen LogP contribution is -2.04. The first-order valence-corrected chi connectivity index (χ1v) is 4.84. The standard InChI is InChI=1S/C12H12N2O2/c1-7-2-5-11(16-7)12(15)9-4-3-8(13)6-10(9)14/h2-6H,13-14H2,1H3. The fraction of sp³-hybridized carbons (Fsp3) is 0.0833. The first-order valence-electron chi connectivity index (χ1n) is 4.84. The number of carbonyl (C=O) groups excluding carboxylic acids is 1. The van der Waals surface area contributed by atoms with E-state index in [0.29, 0.717) is 22.7 Å². The third-order valence-electron chi connectivity index (χ3n) is 2.28. The third-order valence-corrected chi connectivity index (χ3v) is 2.28. The van der Waals surface area contributed by atoms with Crippen molar-refractivity contribution in [3.05, 3.63) is 47.4 Å². The molecule has 2 aromatic rings. The van der Waals surface area contributed by atoms with Crippen molar-refractivity contribution in [2.45, 2.75) is 6.92 Å². The summed E-state index contributed by atoms with van der Waals surface area (Å²) in [6, 6.07) is 8.17. The Kier molecular flexibility index (Phi) is 2.40. The van der Waals surface area contributed by atoms with Gasteiger partial charge in [-0.05, 0) is 37.3 Å². The first-order chi connectivity index (χ1) is 7.58. The van der Waals surface area contributed by atoms with Gasteiger partial charge in [-0.1, -0.05) is 0 Å². The quantitative estimate of drug-likeness (QED) is 0.594. The largest absolute Gasteiger partial charge is 0.458 e. The zero-order chi connectivity index (χ0) is 11.7. The van der Waals surface area contributed by atoms with Gasteiger partial charge in [0.1, 0.15) is 5.76 Å². The van der Waals surface area contributed by atoms with Crippen LogP contribution in [0.4, 0.5) is 11.4 Å². The summed E-state index contributed by atoms with van der Waals surface area (Å²) in [6.45, 7) is 1.78. The molecule has 1 aromatic carbocycles. The van der Waals surface area contributed by atoms with Gasteiger partial charge < -0.3 is 15.9 Å². The third kappa shape index (κ3) is 1.77. The number of nitrogens with two attached hydrogens (primary N) is 2. The number of hydrogen-bond acceptors (Lipinski definition) is 4. The summed E-state index contributed by atoms with van der Waals surface area (Å²) < 4.78 is 5.25. The molecule has 2 rings (SSSR count). The zero-order valence-corrected chi connectivity index (χ0v) is 8.86. The maximum absolute atomic E-state index is 12.0. The second-order valence-corrected chi connectivity index (χ2v) is 3.59. The molecule has 0 aliphatic heterocycles. The van der Waals surface area contributed by atoms with Crippen molar-refractivity contribution in [3.63, 3.8) is 0 Å². The van der Waals surface area contributed by atoms with Crippen LogP contribution in [0.2, 0.25) is 0 Å². The van der Waals surface area contributed by atoms with E-state index < -0.39 is 0 Å². The molecular formula is C12H12N2O2. The Morgan fingerprint density at radius 3 is 2.50 bits per heavy atom. The molecule has 0 amide bonds. The van der Waals surface area contributed by atoms with E-state index in [9.17, 15) is 4.79 Å². The Balaban J connectivity index is 2.41. The molecule has 4 nitrogen and oxygen atoms in total. The summed E-state index contributed by atoms with van der Waals surface area (Å²) >= 11 is 0. The van der Waals surface area contributed by atoms with Gasteiger partial charge in [-0.2, -0.15) is 0 Å². The van der Waals surface area contributed by atoms with Crippen molar-refractivity contribution in [2.24, 2.45) is 0 Å². The molecule has 82 valence electrons. The second-order valence-electron chi connectivity index (χ2n) is 3.59. The number of benzene rings is 1. The fourth-order valence-corrected chi connectivity index (χ4v) is 1.48. The SMILES string of the molecule is Cc1ccc(C(=O)c2ccc(N)cc2N)o1. The predicted molar refractivity (Wildman–Crippen MR) is 62.1 cm³/mol. The van der Waals surface area contributed by atoms with Crippen LogP contribution in [0.5, 0.6) is 0 Å². The zero-order valence-electron chi connectivity index (χ0n) is 8.86. The van der Waals surface area contributed by atoms with E-state index in [2.05, 4.69) is 0 Å². The van der Waals surface area contributed by atoms with E-state index in [1.54, 1.807) is 37.3 Å². The number of rotatable bonds is 2. The molecule has 0 unspecified atom stereocenters. The number of ketones is 1. The van der Waals surface area contributed by atoms with Gasteiger partial charge in [0.15, 0.2) is 5.76 Å². The molecule has 16 heavy (non-hydrogen) atoms. The second kappa shape index (κ2) is 3.73. The normalized spacial score (nSPS) is 10.3. The summed E-state index contributed by atoms with van der Waals surface area (Å²) in [5, 5.41) is 0. The topological polar surface area (TPSA) is 82.2 Å². The molecule has 1 heterocycles. The summed E-state index contributed by atoms with van der Waals surface area (Å²) in [5.41, 5.74) is 12.6. The summed E-state index contributed by atoms with van der Waals surface area (Å²) in [7, 11) is 0. The van der Waals surface area contributed by atoms with Crippen LogP contribution < -0.4 is 11.5 Å². The van der Waals surface area contributed by atoms with Crippen molar-refractivity contribution in [3.8, 4) is 0 Å². The number of furan rings is 1. The highest BCUT2D eigenvalue weighted by atomic mass is 16.3. The van der Waals surface area contributed by atoms with Crippen LogP contribution in [0, 0.1) is 6.92 Å². The van der Waals surface area contributed by atoms with Crippen LogP contribution in [0.3, 0.4) is 0 Å². The van der Waals surface area contributed by atoms with E-state index in [1.807, 2.05) is 0 Å². The van der Waals surface area contributed by atoms with Gasteiger partial charge in [0.25, 0.3) is 0 Å². The average Bonchev–Trinajstić information content (AvgIpc) is 2.64. The molecule has 0 aliphatic rings. The number of nitrogen functional groups attached to an aromatic ring is 2. The van der Waals surface area contributed by atoms with Gasteiger partial charge >= 0.3 is 0 Å². The van der Waals surface area contributed by atoms with Crippen LogP contribution in [-0.4, -0.2) is 5.78 Å². The maximum atomic E-state index is 12.0. The number of aryl methyl sites for hydroxylation is 1. The highest BCUT2D eigenvalue weighted by Gasteiger charge is 2.15. The Morgan fingerprint density at radius 1 is 1.19 bits per heavy atom.